The smallest absolute Gasteiger partial charge is 0.407 e. The van der Waals surface area contributed by atoms with E-state index in [-0.39, 0.29) is 50.4 Å². The third-order valence-corrected chi connectivity index (χ3v) is 8.37. The van der Waals surface area contributed by atoms with Gasteiger partial charge in [0.25, 0.3) is 0 Å². The van der Waals surface area contributed by atoms with Gasteiger partial charge >= 0.3 is 12.1 Å². The van der Waals surface area contributed by atoms with Gasteiger partial charge in [-0.05, 0) is 53.9 Å². The van der Waals surface area contributed by atoms with Crippen LogP contribution in [0.5, 0.6) is 0 Å². The number of hydrogen-bond acceptors (Lipinski definition) is 7. The number of carbonyl (C=O) groups is 4. The molecule has 0 fully saturated rings. The molecule has 0 spiro atoms. The molecule has 0 bridgehead atoms. The highest BCUT2D eigenvalue weighted by molar-refractivity contribution is 5.86. The minimum absolute atomic E-state index is 0.0525. The van der Waals surface area contributed by atoms with Crippen LogP contribution in [0, 0.1) is 11.3 Å². The van der Waals surface area contributed by atoms with Gasteiger partial charge in [0.05, 0.1) is 18.6 Å². The number of allylic oxidation sites excluding steroid dienone is 2. The molecule has 0 aromatic heterocycles. The van der Waals surface area contributed by atoms with Crippen molar-refractivity contribution in [3.8, 4) is 11.1 Å². The van der Waals surface area contributed by atoms with Gasteiger partial charge in [-0.15, -0.1) is 0 Å². The summed E-state index contributed by atoms with van der Waals surface area (Å²) in [6, 6.07) is 14.2. The first-order valence-electron chi connectivity index (χ1n) is 15.6. The predicted molar refractivity (Wildman–Crippen MR) is 170 cm³/mol. The lowest BCUT2D eigenvalue weighted by atomic mass is 9.86. The van der Waals surface area contributed by atoms with Crippen LogP contribution in [0.2, 0.25) is 0 Å². The Morgan fingerprint density at radius 1 is 1.04 bits per heavy atom. The van der Waals surface area contributed by atoms with Crippen LogP contribution in [0.3, 0.4) is 0 Å². The van der Waals surface area contributed by atoms with Gasteiger partial charge in [-0.25, -0.2) is 9.59 Å². The van der Waals surface area contributed by atoms with E-state index in [0.29, 0.717) is 12.8 Å². The van der Waals surface area contributed by atoms with Crippen LogP contribution in [-0.2, 0) is 23.9 Å². The van der Waals surface area contributed by atoms with E-state index in [4.69, 9.17) is 9.47 Å². The Balaban J connectivity index is 1.43. The van der Waals surface area contributed by atoms with Crippen LogP contribution >= 0.6 is 0 Å². The Kier molecular flexibility index (Phi) is 11.4. The predicted octanol–water partition coefficient (Wildman–Crippen LogP) is 4.21. The van der Waals surface area contributed by atoms with Gasteiger partial charge in [0, 0.05) is 18.4 Å². The Hall–Kier alpha value is -4.18. The van der Waals surface area contributed by atoms with E-state index in [1.165, 1.54) is 0 Å². The fourth-order valence-electron chi connectivity index (χ4n) is 5.62. The molecular weight excluding hydrogens is 574 g/mol. The largest absolute Gasteiger partial charge is 0.462 e. The number of aliphatic hydroxyl groups is 1. The summed E-state index contributed by atoms with van der Waals surface area (Å²) in [6.07, 6.45) is 3.87. The second-order valence-electron chi connectivity index (χ2n) is 12.9. The number of hydrogen-bond donors (Lipinski definition) is 4. The van der Waals surface area contributed by atoms with Crippen molar-refractivity contribution in [1.82, 2.24) is 16.0 Å². The minimum atomic E-state index is -0.955. The van der Waals surface area contributed by atoms with E-state index < -0.39 is 41.5 Å². The lowest BCUT2D eigenvalue weighted by molar-refractivity contribution is -0.148. The molecule has 2 aromatic carbocycles. The van der Waals surface area contributed by atoms with Crippen molar-refractivity contribution < 1.29 is 33.8 Å². The van der Waals surface area contributed by atoms with E-state index in [9.17, 15) is 24.3 Å². The van der Waals surface area contributed by atoms with Gasteiger partial charge in [-0.1, -0.05) is 81.5 Å². The number of benzene rings is 2. The maximum atomic E-state index is 13.3. The van der Waals surface area contributed by atoms with Crippen molar-refractivity contribution in [3.05, 3.63) is 71.8 Å². The fourth-order valence-corrected chi connectivity index (χ4v) is 5.62. The Labute approximate surface area is 264 Å². The zero-order valence-electron chi connectivity index (χ0n) is 26.5. The van der Waals surface area contributed by atoms with Crippen molar-refractivity contribution >= 4 is 23.9 Å². The SMILES string of the molecule is C[C@H](CO)NC(=O)C[C@H]1CC=CCC[C@H](NC(=O)OCC2c3ccccc3-c3ccccc32)C(=O)OC[C@H](C(C)(C)C)NC1=O. The van der Waals surface area contributed by atoms with E-state index in [2.05, 4.69) is 28.1 Å². The van der Waals surface area contributed by atoms with Crippen molar-refractivity contribution in [3.63, 3.8) is 0 Å². The Bertz CT molecular complexity index is 1350. The molecule has 2 aliphatic rings. The molecule has 2 aromatic rings. The van der Waals surface area contributed by atoms with Gasteiger partial charge in [-0.3, -0.25) is 9.59 Å². The van der Waals surface area contributed by atoms with Crippen LogP contribution in [-0.4, -0.2) is 66.9 Å². The first kappa shape index (κ1) is 33.7. The van der Waals surface area contributed by atoms with Crippen molar-refractivity contribution in [1.29, 1.82) is 0 Å². The molecule has 10 heteroatoms. The summed E-state index contributed by atoms with van der Waals surface area (Å²) in [5.74, 6) is -2.04. The normalized spacial score (nSPS) is 21.5. The fraction of sp³-hybridized carbons (Fsp3) is 0.486. The zero-order chi connectivity index (χ0) is 32.6. The molecule has 0 unspecified atom stereocenters. The summed E-state index contributed by atoms with van der Waals surface area (Å²) >= 11 is 0. The summed E-state index contributed by atoms with van der Waals surface area (Å²) in [4.78, 5) is 52.1. The monoisotopic (exact) mass is 619 g/mol. The van der Waals surface area contributed by atoms with E-state index >= 15 is 0 Å². The number of fused-ring (bicyclic) bond motifs is 3. The van der Waals surface area contributed by atoms with Crippen molar-refractivity contribution in [2.24, 2.45) is 11.3 Å². The maximum Gasteiger partial charge on any atom is 0.407 e. The highest BCUT2D eigenvalue weighted by atomic mass is 16.6. The molecule has 0 radical (unpaired) electrons. The summed E-state index contributed by atoms with van der Waals surface area (Å²) in [6.45, 7) is 7.24. The zero-order valence-corrected chi connectivity index (χ0v) is 26.5. The molecule has 3 amide bonds. The number of cyclic esters (lactones) is 1. The van der Waals surface area contributed by atoms with Crippen LogP contribution < -0.4 is 16.0 Å². The Morgan fingerprint density at radius 3 is 2.31 bits per heavy atom. The van der Waals surface area contributed by atoms with Crippen LogP contribution in [0.15, 0.2) is 60.7 Å². The molecule has 10 nitrogen and oxygen atoms in total. The molecular formula is C35H45N3O7. The lowest BCUT2D eigenvalue weighted by Crippen LogP contribution is -2.50. The number of alkyl carbamates (subject to hydrolysis) is 1. The average Bonchev–Trinajstić information content (AvgIpc) is 3.33. The molecule has 4 N–H and O–H groups in total. The maximum absolute atomic E-state index is 13.3. The molecule has 0 saturated heterocycles. The lowest BCUT2D eigenvalue weighted by Gasteiger charge is -2.32. The van der Waals surface area contributed by atoms with Crippen molar-refractivity contribution in [2.45, 2.75) is 77.4 Å². The molecule has 4 rings (SSSR count). The van der Waals surface area contributed by atoms with Gasteiger partial charge in [0.1, 0.15) is 19.3 Å². The summed E-state index contributed by atoms with van der Waals surface area (Å²) in [5.41, 5.74) is 3.95. The number of amides is 3. The quantitative estimate of drug-likeness (QED) is 0.269. The number of rotatable bonds is 7. The average molecular weight is 620 g/mol. The number of nitrogens with one attached hydrogen (secondary N) is 3. The second kappa shape index (κ2) is 15.2. The minimum Gasteiger partial charge on any atom is -0.462 e. The van der Waals surface area contributed by atoms with Crippen LogP contribution in [0.25, 0.3) is 11.1 Å². The number of esters is 1. The van der Waals surface area contributed by atoms with E-state index in [1.54, 1.807) is 6.92 Å². The molecule has 0 saturated carbocycles. The third-order valence-electron chi connectivity index (χ3n) is 8.37. The molecule has 4 atom stereocenters. The summed E-state index contributed by atoms with van der Waals surface area (Å²) < 4.78 is 11.3. The highest BCUT2D eigenvalue weighted by Crippen LogP contribution is 2.44. The second-order valence-corrected chi connectivity index (χ2v) is 12.9. The third kappa shape index (κ3) is 8.94. The number of ether oxygens (including phenoxy) is 2. The molecule has 45 heavy (non-hydrogen) atoms. The number of aliphatic hydroxyl groups excluding tert-OH is 1. The molecule has 1 aliphatic heterocycles. The topological polar surface area (TPSA) is 143 Å². The van der Waals surface area contributed by atoms with Crippen molar-refractivity contribution in [2.75, 3.05) is 19.8 Å². The standard InChI is InChI=1S/C35H45N3O7/c1-22(19-39)36-31(40)18-23-12-6-5-7-17-29(33(42)44-21-30(35(2,3)4)38-32(23)41)37-34(43)45-20-28-26-15-10-8-13-24(26)25-14-9-11-16-27(25)28/h5-6,8-11,13-16,22-23,28-30,39H,7,12,17-21H2,1-4H3,(H,36,40)(H,37,43)(H,38,41)/t22-,23-,29+,30-/m1/s1. The summed E-state index contributed by atoms with van der Waals surface area (Å²) in [5, 5.41) is 17.6. The van der Waals surface area contributed by atoms with Gasteiger partial charge in [-0.2, -0.15) is 0 Å². The molecule has 242 valence electrons. The highest BCUT2D eigenvalue weighted by Gasteiger charge is 2.33. The summed E-state index contributed by atoms with van der Waals surface area (Å²) in [7, 11) is 0. The van der Waals surface area contributed by atoms with Gasteiger partial charge in [0.2, 0.25) is 11.8 Å². The van der Waals surface area contributed by atoms with E-state index in [0.717, 1.165) is 22.3 Å². The number of carbonyl (C=O) groups excluding carboxylic acids is 4. The van der Waals surface area contributed by atoms with E-state index in [1.807, 2.05) is 69.3 Å². The molecule has 1 aliphatic carbocycles. The van der Waals surface area contributed by atoms with Gasteiger partial charge < -0.3 is 30.5 Å². The first-order valence-corrected chi connectivity index (χ1v) is 15.6. The van der Waals surface area contributed by atoms with Gasteiger partial charge in [0.15, 0.2) is 0 Å². The molecule has 1 heterocycles. The first-order chi connectivity index (χ1) is 21.5. The Morgan fingerprint density at radius 2 is 1.69 bits per heavy atom. The van der Waals surface area contributed by atoms with Crippen LogP contribution in [0.1, 0.15) is 70.4 Å². The van der Waals surface area contributed by atoms with Crippen LogP contribution in [0.4, 0.5) is 4.79 Å².